The standard InChI is InChI=1S/C13H18O2/c1-9-7-11(3)12(8-10(9)2)5-6-13(14)15-4/h7-8H,5-6H2,1-4H3. The maximum atomic E-state index is 11.0. The summed E-state index contributed by atoms with van der Waals surface area (Å²) in [7, 11) is 1.43. The molecule has 0 aromatic heterocycles. The molecule has 1 aromatic carbocycles. The summed E-state index contributed by atoms with van der Waals surface area (Å²) in [4.78, 5) is 11.0. The van der Waals surface area contributed by atoms with Crippen LogP contribution in [-0.2, 0) is 16.0 Å². The van der Waals surface area contributed by atoms with Gasteiger partial charge in [0.15, 0.2) is 0 Å². The Morgan fingerprint density at radius 2 is 1.73 bits per heavy atom. The van der Waals surface area contributed by atoms with E-state index < -0.39 is 0 Å². The van der Waals surface area contributed by atoms with Gasteiger partial charge in [-0.1, -0.05) is 12.1 Å². The van der Waals surface area contributed by atoms with Crippen LogP contribution in [0.4, 0.5) is 0 Å². The van der Waals surface area contributed by atoms with Gasteiger partial charge in [0, 0.05) is 6.42 Å². The van der Waals surface area contributed by atoms with Crippen molar-refractivity contribution in [3.05, 3.63) is 34.4 Å². The lowest BCUT2D eigenvalue weighted by Crippen LogP contribution is -2.03. The third kappa shape index (κ3) is 3.08. The van der Waals surface area contributed by atoms with Gasteiger partial charge in [-0.3, -0.25) is 4.79 Å². The van der Waals surface area contributed by atoms with Gasteiger partial charge in [0.05, 0.1) is 7.11 Å². The Balaban J connectivity index is 2.77. The number of hydrogen-bond acceptors (Lipinski definition) is 2. The van der Waals surface area contributed by atoms with E-state index >= 15 is 0 Å². The van der Waals surface area contributed by atoms with Crippen LogP contribution in [0.3, 0.4) is 0 Å². The molecule has 0 amide bonds. The van der Waals surface area contributed by atoms with Gasteiger partial charge in [-0.25, -0.2) is 0 Å². The van der Waals surface area contributed by atoms with E-state index in [1.165, 1.54) is 29.4 Å². The number of benzene rings is 1. The first-order valence-electron chi connectivity index (χ1n) is 5.18. The molecule has 1 aromatic rings. The highest BCUT2D eigenvalue weighted by Gasteiger charge is 2.05. The third-order valence-corrected chi connectivity index (χ3v) is 2.78. The van der Waals surface area contributed by atoms with Crippen molar-refractivity contribution in [3.63, 3.8) is 0 Å². The van der Waals surface area contributed by atoms with Crippen LogP contribution in [0.15, 0.2) is 12.1 Å². The molecule has 0 aliphatic carbocycles. The zero-order chi connectivity index (χ0) is 11.4. The van der Waals surface area contributed by atoms with E-state index in [0.717, 1.165) is 6.42 Å². The number of carbonyl (C=O) groups is 1. The fourth-order valence-electron chi connectivity index (χ4n) is 1.63. The largest absolute Gasteiger partial charge is 0.469 e. The fourth-order valence-corrected chi connectivity index (χ4v) is 1.63. The quantitative estimate of drug-likeness (QED) is 0.711. The van der Waals surface area contributed by atoms with Crippen molar-refractivity contribution in [2.75, 3.05) is 7.11 Å². The fraction of sp³-hybridized carbons (Fsp3) is 0.462. The van der Waals surface area contributed by atoms with Crippen molar-refractivity contribution in [1.82, 2.24) is 0 Å². The summed E-state index contributed by atoms with van der Waals surface area (Å²) in [6.45, 7) is 6.28. The molecule has 0 aliphatic heterocycles. The minimum Gasteiger partial charge on any atom is -0.469 e. The maximum Gasteiger partial charge on any atom is 0.305 e. The first-order chi connectivity index (χ1) is 7.04. The summed E-state index contributed by atoms with van der Waals surface area (Å²) < 4.78 is 4.63. The number of esters is 1. The first-order valence-corrected chi connectivity index (χ1v) is 5.18. The third-order valence-electron chi connectivity index (χ3n) is 2.78. The van der Waals surface area contributed by atoms with E-state index in [-0.39, 0.29) is 5.97 Å². The molecule has 0 aliphatic rings. The Kier molecular flexibility index (Phi) is 3.89. The summed E-state index contributed by atoms with van der Waals surface area (Å²) >= 11 is 0. The molecule has 0 unspecified atom stereocenters. The van der Waals surface area contributed by atoms with Crippen LogP contribution in [0.5, 0.6) is 0 Å². The Labute approximate surface area is 91.3 Å². The van der Waals surface area contributed by atoms with Gasteiger partial charge in [0.1, 0.15) is 0 Å². The molecular formula is C13H18O2. The van der Waals surface area contributed by atoms with Crippen molar-refractivity contribution < 1.29 is 9.53 Å². The number of carbonyl (C=O) groups excluding carboxylic acids is 1. The van der Waals surface area contributed by atoms with E-state index in [4.69, 9.17) is 0 Å². The van der Waals surface area contributed by atoms with Gasteiger partial charge in [-0.2, -0.15) is 0 Å². The van der Waals surface area contributed by atoms with E-state index in [9.17, 15) is 4.79 Å². The number of rotatable bonds is 3. The lowest BCUT2D eigenvalue weighted by atomic mass is 9.98. The van der Waals surface area contributed by atoms with Crippen LogP contribution in [0.2, 0.25) is 0 Å². The molecule has 0 spiro atoms. The zero-order valence-corrected chi connectivity index (χ0v) is 9.89. The topological polar surface area (TPSA) is 26.3 Å². The summed E-state index contributed by atoms with van der Waals surface area (Å²) in [5.74, 6) is -0.146. The van der Waals surface area contributed by atoms with Crippen molar-refractivity contribution in [3.8, 4) is 0 Å². The molecule has 2 nitrogen and oxygen atoms in total. The monoisotopic (exact) mass is 206 g/mol. The average Bonchev–Trinajstić information content (AvgIpc) is 2.21. The molecular weight excluding hydrogens is 188 g/mol. The molecule has 0 saturated carbocycles. The number of aryl methyl sites for hydroxylation is 4. The second-order valence-corrected chi connectivity index (χ2v) is 3.94. The predicted molar refractivity (Wildman–Crippen MR) is 61.0 cm³/mol. The molecule has 0 N–H and O–H groups in total. The molecule has 2 heteroatoms. The second-order valence-electron chi connectivity index (χ2n) is 3.94. The van der Waals surface area contributed by atoms with Crippen LogP contribution in [-0.4, -0.2) is 13.1 Å². The minimum atomic E-state index is -0.146. The Hall–Kier alpha value is -1.31. The number of ether oxygens (including phenoxy) is 1. The molecule has 0 atom stereocenters. The predicted octanol–water partition coefficient (Wildman–Crippen LogP) is 2.72. The van der Waals surface area contributed by atoms with Crippen molar-refractivity contribution in [1.29, 1.82) is 0 Å². The number of hydrogen-bond donors (Lipinski definition) is 0. The lowest BCUT2D eigenvalue weighted by Gasteiger charge is -2.09. The molecule has 0 fully saturated rings. The summed E-state index contributed by atoms with van der Waals surface area (Å²) in [5, 5.41) is 0. The average molecular weight is 206 g/mol. The van der Waals surface area contributed by atoms with Gasteiger partial charge in [0.25, 0.3) is 0 Å². The maximum absolute atomic E-state index is 11.0. The Morgan fingerprint density at radius 1 is 1.13 bits per heavy atom. The smallest absolute Gasteiger partial charge is 0.305 e. The summed E-state index contributed by atoms with van der Waals surface area (Å²) in [5.41, 5.74) is 5.07. The van der Waals surface area contributed by atoms with Crippen molar-refractivity contribution >= 4 is 5.97 Å². The summed E-state index contributed by atoms with van der Waals surface area (Å²) in [6.07, 6.45) is 1.22. The van der Waals surface area contributed by atoms with Gasteiger partial charge in [-0.05, 0) is 49.4 Å². The molecule has 82 valence electrons. The Morgan fingerprint density at radius 3 is 2.33 bits per heavy atom. The minimum absolute atomic E-state index is 0.146. The highest BCUT2D eigenvalue weighted by atomic mass is 16.5. The second kappa shape index (κ2) is 4.96. The highest BCUT2D eigenvalue weighted by molar-refractivity contribution is 5.69. The molecule has 0 heterocycles. The van der Waals surface area contributed by atoms with Crippen LogP contribution < -0.4 is 0 Å². The molecule has 1 rings (SSSR count). The van der Waals surface area contributed by atoms with E-state index in [1.807, 2.05) is 0 Å². The molecule has 15 heavy (non-hydrogen) atoms. The van der Waals surface area contributed by atoms with Gasteiger partial charge in [0.2, 0.25) is 0 Å². The van der Waals surface area contributed by atoms with Crippen molar-refractivity contribution in [2.45, 2.75) is 33.6 Å². The van der Waals surface area contributed by atoms with E-state index in [1.54, 1.807) is 0 Å². The lowest BCUT2D eigenvalue weighted by molar-refractivity contribution is -0.140. The SMILES string of the molecule is COC(=O)CCc1cc(C)c(C)cc1C. The highest BCUT2D eigenvalue weighted by Crippen LogP contribution is 2.16. The van der Waals surface area contributed by atoms with E-state index in [2.05, 4.69) is 37.6 Å². The molecule has 0 bridgehead atoms. The van der Waals surface area contributed by atoms with Crippen LogP contribution in [0.1, 0.15) is 28.7 Å². The van der Waals surface area contributed by atoms with Crippen LogP contribution in [0.25, 0.3) is 0 Å². The zero-order valence-electron chi connectivity index (χ0n) is 9.89. The first kappa shape index (κ1) is 11.8. The van der Waals surface area contributed by atoms with Crippen LogP contribution >= 0.6 is 0 Å². The van der Waals surface area contributed by atoms with Gasteiger partial charge < -0.3 is 4.74 Å². The summed E-state index contributed by atoms with van der Waals surface area (Å²) in [6, 6.07) is 4.33. The Bertz CT molecular complexity index is 367. The van der Waals surface area contributed by atoms with E-state index in [0.29, 0.717) is 6.42 Å². The van der Waals surface area contributed by atoms with Gasteiger partial charge >= 0.3 is 5.97 Å². The van der Waals surface area contributed by atoms with Gasteiger partial charge in [-0.15, -0.1) is 0 Å². The number of methoxy groups -OCH3 is 1. The molecule has 0 saturated heterocycles. The van der Waals surface area contributed by atoms with Crippen LogP contribution in [0, 0.1) is 20.8 Å². The normalized spacial score (nSPS) is 10.1. The molecule has 0 radical (unpaired) electrons. The van der Waals surface area contributed by atoms with Crippen molar-refractivity contribution in [2.24, 2.45) is 0 Å².